The minimum Gasteiger partial charge on any atom is -0.486 e. The molecule has 3 unspecified atom stereocenters. The number of amides is 1. The summed E-state index contributed by atoms with van der Waals surface area (Å²) in [6.45, 7) is 1.74. The normalized spacial score (nSPS) is 25.2. The lowest BCUT2D eigenvalue weighted by Gasteiger charge is -2.29. The second-order valence-corrected chi connectivity index (χ2v) is 7.89. The number of aromatic nitrogens is 1. The molecule has 1 amide bonds. The molecule has 0 spiro atoms. The number of pyridine rings is 1. The van der Waals surface area contributed by atoms with E-state index in [1.54, 1.807) is 42.7 Å². The van der Waals surface area contributed by atoms with Crippen molar-refractivity contribution in [2.75, 3.05) is 26.4 Å². The zero-order valence-electron chi connectivity index (χ0n) is 16.9. The Morgan fingerprint density at radius 1 is 1.10 bits per heavy atom. The molecule has 3 aliphatic heterocycles. The summed E-state index contributed by atoms with van der Waals surface area (Å²) in [5.74, 6) is -1.91. The van der Waals surface area contributed by atoms with Crippen LogP contribution in [0.15, 0.2) is 42.7 Å². The van der Waals surface area contributed by atoms with Crippen molar-refractivity contribution in [3.63, 3.8) is 0 Å². The van der Waals surface area contributed by atoms with E-state index in [1.807, 2.05) is 0 Å². The number of rotatable bonds is 5. The summed E-state index contributed by atoms with van der Waals surface area (Å²) in [7, 11) is 0. The summed E-state index contributed by atoms with van der Waals surface area (Å²) in [4.78, 5) is 45.1. The van der Waals surface area contributed by atoms with E-state index in [0.29, 0.717) is 42.4 Å². The highest BCUT2D eigenvalue weighted by atomic mass is 16.6. The van der Waals surface area contributed by atoms with Crippen LogP contribution in [0.25, 0.3) is 0 Å². The number of nitrogens with zero attached hydrogens (tertiary/aromatic N) is 2. The molecule has 0 bridgehead atoms. The summed E-state index contributed by atoms with van der Waals surface area (Å²) in [5.41, 5.74) is 0.957. The number of ether oxygens (including phenoxy) is 3. The van der Waals surface area contributed by atoms with Gasteiger partial charge in [-0.1, -0.05) is 6.07 Å². The van der Waals surface area contributed by atoms with Crippen LogP contribution in [-0.2, 0) is 14.3 Å². The summed E-state index contributed by atoms with van der Waals surface area (Å²) < 4.78 is 16.8. The van der Waals surface area contributed by atoms with E-state index in [4.69, 9.17) is 14.2 Å². The molecule has 160 valence electrons. The Kier molecular flexibility index (Phi) is 5.15. The summed E-state index contributed by atoms with van der Waals surface area (Å²) in [6, 6.07) is 7.65. The number of ketones is 2. The molecular formula is C23H22N2O6. The Balaban J connectivity index is 1.51. The lowest BCUT2D eigenvalue weighted by atomic mass is 9.86. The molecule has 2 aromatic rings. The van der Waals surface area contributed by atoms with Crippen LogP contribution in [0.1, 0.15) is 34.8 Å². The highest BCUT2D eigenvalue weighted by Crippen LogP contribution is 2.40. The van der Waals surface area contributed by atoms with Gasteiger partial charge in [-0.05, 0) is 42.7 Å². The third-order valence-electron chi connectivity index (χ3n) is 5.97. The van der Waals surface area contributed by atoms with E-state index in [-0.39, 0.29) is 12.6 Å². The maximum absolute atomic E-state index is 13.5. The molecule has 4 heterocycles. The van der Waals surface area contributed by atoms with E-state index in [0.717, 1.165) is 12.8 Å². The highest BCUT2D eigenvalue weighted by molar-refractivity contribution is 6.44. The van der Waals surface area contributed by atoms with Crippen LogP contribution < -0.4 is 9.47 Å². The van der Waals surface area contributed by atoms with Crippen LogP contribution in [0.5, 0.6) is 11.5 Å². The average molecular weight is 422 g/mol. The van der Waals surface area contributed by atoms with Crippen LogP contribution in [0, 0.1) is 5.92 Å². The van der Waals surface area contributed by atoms with Crippen molar-refractivity contribution in [2.24, 2.45) is 5.92 Å². The molecular weight excluding hydrogens is 400 g/mol. The first-order chi connectivity index (χ1) is 15.1. The van der Waals surface area contributed by atoms with Crippen molar-refractivity contribution in [1.82, 2.24) is 9.88 Å². The minimum absolute atomic E-state index is 0.140. The van der Waals surface area contributed by atoms with Gasteiger partial charge in [0.05, 0.1) is 12.1 Å². The molecule has 0 N–H and O–H groups in total. The first-order valence-corrected chi connectivity index (χ1v) is 10.4. The molecule has 2 saturated heterocycles. The lowest BCUT2D eigenvalue weighted by molar-refractivity contribution is -0.141. The molecule has 5 rings (SSSR count). The van der Waals surface area contributed by atoms with Gasteiger partial charge in [-0.15, -0.1) is 0 Å². The molecule has 31 heavy (non-hydrogen) atoms. The lowest BCUT2D eigenvalue weighted by Crippen LogP contribution is -2.37. The monoisotopic (exact) mass is 422 g/mol. The van der Waals surface area contributed by atoms with Gasteiger partial charge >= 0.3 is 0 Å². The van der Waals surface area contributed by atoms with Crippen molar-refractivity contribution in [3.05, 3.63) is 53.9 Å². The molecule has 2 fully saturated rings. The van der Waals surface area contributed by atoms with Gasteiger partial charge < -0.3 is 19.1 Å². The maximum atomic E-state index is 13.5. The number of fused-ring (bicyclic) bond motifs is 1. The van der Waals surface area contributed by atoms with Gasteiger partial charge in [0.25, 0.3) is 5.91 Å². The standard InChI is InChI=1S/C23H22N2O6/c26-21(14-5-6-17-18(11-14)31-10-9-30-17)19-20(15-3-1-7-24-12-15)25(23(28)22(19)27)13-16-4-2-8-29-16/h1,3,5-7,11-12,16,19-20H,2,4,8-10,13H2. The number of likely N-dealkylation sites (tertiary alicyclic amines) is 1. The number of carbonyl (C=O) groups is 3. The van der Waals surface area contributed by atoms with E-state index in [2.05, 4.69) is 4.98 Å². The average Bonchev–Trinajstić information content (AvgIpc) is 3.41. The summed E-state index contributed by atoms with van der Waals surface area (Å²) >= 11 is 0. The molecule has 0 saturated carbocycles. The summed E-state index contributed by atoms with van der Waals surface area (Å²) in [5, 5.41) is 0. The predicted molar refractivity (Wildman–Crippen MR) is 108 cm³/mol. The molecule has 0 aliphatic carbocycles. The smallest absolute Gasteiger partial charge is 0.291 e. The second kappa shape index (κ2) is 8.11. The Morgan fingerprint density at radius 3 is 2.68 bits per heavy atom. The zero-order chi connectivity index (χ0) is 21.4. The number of hydrogen-bond donors (Lipinski definition) is 0. The summed E-state index contributed by atoms with van der Waals surface area (Å²) in [6.07, 6.45) is 4.81. The fourth-order valence-electron chi connectivity index (χ4n) is 4.49. The van der Waals surface area contributed by atoms with Crippen LogP contribution in [0.2, 0.25) is 0 Å². The van der Waals surface area contributed by atoms with Gasteiger partial charge in [0.15, 0.2) is 17.3 Å². The van der Waals surface area contributed by atoms with Crippen molar-refractivity contribution in [1.29, 1.82) is 0 Å². The van der Waals surface area contributed by atoms with E-state index in [1.165, 1.54) is 4.90 Å². The van der Waals surface area contributed by atoms with E-state index < -0.39 is 29.4 Å². The fourth-order valence-corrected chi connectivity index (χ4v) is 4.49. The predicted octanol–water partition coefficient (Wildman–Crippen LogP) is 1.98. The van der Waals surface area contributed by atoms with Crippen LogP contribution in [0.4, 0.5) is 0 Å². The van der Waals surface area contributed by atoms with Crippen molar-refractivity contribution in [2.45, 2.75) is 25.0 Å². The van der Waals surface area contributed by atoms with Gasteiger partial charge in [-0.25, -0.2) is 0 Å². The van der Waals surface area contributed by atoms with Crippen LogP contribution in [-0.4, -0.2) is 59.8 Å². The molecule has 8 heteroatoms. The fraction of sp³-hybridized carbons (Fsp3) is 0.391. The molecule has 3 atom stereocenters. The van der Waals surface area contributed by atoms with Gasteiger partial charge in [0.1, 0.15) is 19.1 Å². The first kappa shape index (κ1) is 19.7. The number of carbonyl (C=O) groups excluding carboxylic acids is 3. The van der Waals surface area contributed by atoms with Crippen molar-refractivity contribution >= 4 is 17.5 Å². The highest BCUT2D eigenvalue weighted by Gasteiger charge is 2.52. The number of benzene rings is 1. The van der Waals surface area contributed by atoms with Crippen LogP contribution >= 0.6 is 0 Å². The minimum atomic E-state index is -1.15. The topological polar surface area (TPSA) is 95.0 Å². The largest absolute Gasteiger partial charge is 0.486 e. The number of Topliss-reactive ketones (excluding diaryl/α,β-unsaturated/α-hetero) is 2. The van der Waals surface area contributed by atoms with E-state index in [9.17, 15) is 14.4 Å². The Hall–Kier alpha value is -3.26. The molecule has 8 nitrogen and oxygen atoms in total. The third kappa shape index (κ3) is 3.57. The van der Waals surface area contributed by atoms with Crippen LogP contribution in [0.3, 0.4) is 0 Å². The quantitative estimate of drug-likeness (QED) is 0.413. The van der Waals surface area contributed by atoms with Gasteiger partial charge in [-0.3, -0.25) is 19.4 Å². The Labute approximate surface area is 179 Å². The Bertz CT molecular complexity index is 1020. The van der Waals surface area contributed by atoms with Crippen molar-refractivity contribution < 1.29 is 28.6 Å². The third-order valence-corrected chi connectivity index (χ3v) is 5.97. The first-order valence-electron chi connectivity index (χ1n) is 10.4. The van der Waals surface area contributed by atoms with Gasteiger partial charge in [0, 0.05) is 31.1 Å². The Morgan fingerprint density at radius 2 is 1.94 bits per heavy atom. The molecule has 0 radical (unpaired) electrons. The molecule has 1 aromatic carbocycles. The SMILES string of the molecule is O=C1C(=O)N(CC2CCCO2)C(c2cccnc2)C1C(=O)c1ccc2c(c1)OCCO2. The molecule has 1 aromatic heterocycles. The van der Waals surface area contributed by atoms with Crippen molar-refractivity contribution in [3.8, 4) is 11.5 Å². The zero-order valence-corrected chi connectivity index (χ0v) is 16.9. The molecule has 3 aliphatic rings. The second-order valence-electron chi connectivity index (χ2n) is 7.89. The maximum Gasteiger partial charge on any atom is 0.291 e. The van der Waals surface area contributed by atoms with E-state index >= 15 is 0 Å². The van der Waals surface area contributed by atoms with Gasteiger partial charge in [-0.2, -0.15) is 0 Å². The number of hydrogen-bond acceptors (Lipinski definition) is 7. The van der Waals surface area contributed by atoms with Gasteiger partial charge in [0.2, 0.25) is 5.78 Å².